The van der Waals surface area contributed by atoms with Gasteiger partial charge in [-0.2, -0.15) is 5.26 Å². The summed E-state index contributed by atoms with van der Waals surface area (Å²) in [5.74, 6) is -1.17. The second-order valence-corrected chi connectivity index (χ2v) is 6.76. The highest BCUT2D eigenvalue weighted by Crippen LogP contribution is 2.26. The Bertz CT molecular complexity index is 886. The van der Waals surface area contributed by atoms with E-state index in [2.05, 4.69) is 0 Å². The first-order chi connectivity index (χ1) is 12.8. The molecule has 0 aliphatic carbocycles. The molecular formula is C20H18Cl2N2O3. The van der Waals surface area contributed by atoms with Gasteiger partial charge in [-0.3, -0.25) is 4.79 Å². The van der Waals surface area contributed by atoms with Gasteiger partial charge in [0.15, 0.2) is 6.61 Å². The Morgan fingerprint density at radius 3 is 2.44 bits per heavy atom. The standard InChI is InChI=1S/C20H18Cl2N2O3/c1-13-9-14(2)11-15(10-13)24(8-4-7-23)18(25)12-27-20(26)16-5-3-6-17(21)19(16)22/h3,5-6,9-11H,4,8,12H2,1-2H3. The van der Waals surface area contributed by atoms with Gasteiger partial charge < -0.3 is 9.64 Å². The topological polar surface area (TPSA) is 70.4 Å². The number of hydrogen-bond donors (Lipinski definition) is 0. The van der Waals surface area contributed by atoms with Crippen LogP contribution in [0, 0.1) is 25.2 Å². The van der Waals surface area contributed by atoms with Crippen LogP contribution in [0.5, 0.6) is 0 Å². The fraction of sp³-hybridized carbons (Fsp3) is 0.250. The van der Waals surface area contributed by atoms with Gasteiger partial charge in [0.2, 0.25) is 0 Å². The van der Waals surface area contributed by atoms with Crippen LogP contribution >= 0.6 is 23.2 Å². The minimum Gasteiger partial charge on any atom is -0.452 e. The number of carbonyl (C=O) groups excluding carboxylic acids is 2. The largest absolute Gasteiger partial charge is 0.452 e. The van der Waals surface area contributed by atoms with Gasteiger partial charge in [0.1, 0.15) is 0 Å². The first-order valence-electron chi connectivity index (χ1n) is 8.20. The quantitative estimate of drug-likeness (QED) is 0.653. The first-order valence-corrected chi connectivity index (χ1v) is 8.96. The zero-order valence-corrected chi connectivity index (χ0v) is 16.5. The molecule has 0 aliphatic heterocycles. The molecule has 0 radical (unpaired) electrons. The number of ether oxygens (including phenoxy) is 1. The summed E-state index contributed by atoms with van der Waals surface area (Å²) in [5.41, 5.74) is 2.72. The molecule has 1 amide bonds. The molecule has 0 unspecified atom stereocenters. The number of nitriles is 1. The third kappa shape index (κ3) is 5.46. The second-order valence-electron chi connectivity index (χ2n) is 5.98. The van der Waals surface area contributed by atoms with Gasteiger partial charge in [-0.1, -0.05) is 35.3 Å². The average molecular weight is 405 g/mol. The Hall–Kier alpha value is -2.55. The predicted molar refractivity (Wildman–Crippen MR) is 105 cm³/mol. The number of halogens is 2. The summed E-state index contributed by atoms with van der Waals surface area (Å²) in [6.45, 7) is 3.57. The lowest BCUT2D eigenvalue weighted by atomic mass is 10.1. The smallest absolute Gasteiger partial charge is 0.340 e. The third-order valence-corrected chi connectivity index (χ3v) is 4.58. The van der Waals surface area contributed by atoms with Gasteiger partial charge in [-0.25, -0.2) is 4.79 Å². The number of aryl methyl sites for hydroxylation is 2. The highest BCUT2D eigenvalue weighted by atomic mass is 35.5. The average Bonchev–Trinajstić information content (AvgIpc) is 2.61. The van der Waals surface area contributed by atoms with Crippen molar-refractivity contribution in [2.24, 2.45) is 0 Å². The highest BCUT2D eigenvalue weighted by Gasteiger charge is 2.20. The van der Waals surface area contributed by atoms with E-state index >= 15 is 0 Å². The van der Waals surface area contributed by atoms with Crippen LogP contribution in [-0.4, -0.2) is 25.0 Å². The fourth-order valence-electron chi connectivity index (χ4n) is 2.61. The Labute approximate surface area is 168 Å². The molecule has 0 aliphatic rings. The third-order valence-electron chi connectivity index (χ3n) is 3.76. The van der Waals surface area contributed by atoms with Crippen molar-refractivity contribution in [1.82, 2.24) is 0 Å². The van der Waals surface area contributed by atoms with Crippen molar-refractivity contribution >= 4 is 40.8 Å². The van der Waals surface area contributed by atoms with E-state index in [0.29, 0.717) is 5.69 Å². The van der Waals surface area contributed by atoms with Crippen molar-refractivity contribution in [3.05, 3.63) is 63.1 Å². The van der Waals surface area contributed by atoms with Gasteiger partial charge in [-0.15, -0.1) is 0 Å². The van der Waals surface area contributed by atoms with Crippen LogP contribution in [0.3, 0.4) is 0 Å². The zero-order valence-electron chi connectivity index (χ0n) is 15.0. The summed E-state index contributed by atoms with van der Waals surface area (Å²) in [5, 5.41) is 9.18. The number of esters is 1. The van der Waals surface area contributed by atoms with Crippen molar-refractivity contribution in [3.8, 4) is 6.07 Å². The summed E-state index contributed by atoms with van der Waals surface area (Å²) < 4.78 is 5.11. The van der Waals surface area contributed by atoms with Crippen LogP contribution in [0.15, 0.2) is 36.4 Å². The number of benzene rings is 2. The van der Waals surface area contributed by atoms with Gasteiger partial charge in [0.05, 0.1) is 28.1 Å². The van der Waals surface area contributed by atoms with E-state index < -0.39 is 18.5 Å². The summed E-state index contributed by atoms with van der Waals surface area (Å²) in [6, 6.07) is 12.3. The van der Waals surface area contributed by atoms with Crippen molar-refractivity contribution in [2.45, 2.75) is 20.3 Å². The summed E-state index contributed by atoms with van der Waals surface area (Å²) in [6.07, 6.45) is 0.160. The molecule has 0 saturated heterocycles. The van der Waals surface area contributed by atoms with E-state index in [9.17, 15) is 9.59 Å². The Kier molecular flexibility index (Phi) is 7.23. The molecule has 0 atom stereocenters. The SMILES string of the molecule is Cc1cc(C)cc(N(CCC#N)C(=O)COC(=O)c2cccc(Cl)c2Cl)c1. The number of hydrogen-bond acceptors (Lipinski definition) is 4. The lowest BCUT2D eigenvalue weighted by Gasteiger charge is -2.22. The van der Waals surface area contributed by atoms with E-state index in [0.717, 1.165) is 11.1 Å². The molecule has 0 saturated carbocycles. The van der Waals surface area contributed by atoms with E-state index in [1.54, 1.807) is 12.1 Å². The van der Waals surface area contributed by atoms with Gasteiger partial charge in [0.25, 0.3) is 5.91 Å². The number of rotatable bonds is 6. The Morgan fingerprint density at radius 1 is 1.15 bits per heavy atom. The molecule has 0 aromatic heterocycles. The number of anilines is 1. The van der Waals surface area contributed by atoms with Crippen LogP contribution in [0.25, 0.3) is 0 Å². The number of nitrogens with zero attached hydrogens (tertiary/aromatic N) is 2. The lowest BCUT2D eigenvalue weighted by molar-refractivity contribution is -0.121. The molecule has 27 heavy (non-hydrogen) atoms. The minimum absolute atomic E-state index is 0.0762. The van der Waals surface area contributed by atoms with Gasteiger partial charge in [-0.05, 0) is 49.2 Å². The molecule has 2 aromatic carbocycles. The van der Waals surface area contributed by atoms with E-state index in [4.69, 9.17) is 33.2 Å². The van der Waals surface area contributed by atoms with Crippen LogP contribution in [0.1, 0.15) is 27.9 Å². The Balaban J connectivity index is 2.15. The second kappa shape index (κ2) is 9.40. The zero-order chi connectivity index (χ0) is 20.0. The number of carbonyl (C=O) groups is 2. The van der Waals surface area contributed by atoms with Gasteiger partial charge in [0, 0.05) is 12.2 Å². The highest BCUT2D eigenvalue weighted by molar-refractivity contribution is 6.43. The summed E-state index contributed by atoms with van der Waals surface area (Å²) in [7, 11) is 0. The summed E-state index contributed by atoms with van der Waals surface area (Å²) >= 11 is 11.9. The molecule has 0 N–H and O–H groups in total. The molecule has 5 nitrogen and oxygen atoms in total. The molecule has 0 bridgehead atoms. The molecule has 2 aromatic rings. The van der Waals surface area contributed by atoms with Crippen molar-refractivity contribution < 1.29 is 14.3 Å². The number of amides is 1. The lowest BCUT2D eigenvalue weighted by Crippen LogP contribution is -2.35. The Morgan fingerprint density at radius 2 is 1.81 bits per heavy atom. The first kappa shape index (κ1) is 20.8. The van der Waals surface area contributed by atoms with Crippen LogP contribution < -0.4 is 4.90 Å². The van der Waals surface area contributed by atoms with Gasteiger partial charge >= 0.3 is 5.97 Å². The molecule has 7 heteroatoms. The predicted octanol–water partition coefficient (Wildman–Crippen LogP) is 4.71. The molecule has 0 heterocycles. The van der Waals surface area contributed by atoms with E-state index in [1.165, 1.54) is 11.0 Å². The minimum atomic E-state index is -0.739. The summed E-state index contributed by atoms with van der Waals surface area (Å²) in [4.78, 5) is 26.3. The molecule has 140 valence electrons. The maximum atomic E-state index is 12.6. The maximum Gasteiger partial charge on any atom is 0.340 e. The van der Waals surface area contributed by atoms with E-state index in [-0.39, 0.29) is 28.6 Å². The van der Waals surface area contributed by atoms with Crippen LogP contribution in [0.4, 0.5) is 5.69 Å². The molecule has 0 spiro atoms. The molecular weight excluding hydrogens is 387 g/mol. The van der Waals surface area contributed by atoms with Crippen molar-refractivity contribution in [1.29, 1.82) is 5.26 Å². The molecule has 2 rings (SSSR count). The van der Waals surface area contributed by atoms with Crippen LogP contribution in [-0.2, 0) is 9.53 Å². The molecule has 0 fully saturated rings. The van der Waals surface area contributed by atoms with Crippen molar-refractivity contribution in [2.75, 3.05) is 18.1 Å². The van der Waals surface area contributed by atoms with E-state index in [1.807, 2.05) is 38.1 Å². The van der Waals surface area contributed by atoms with Crippen LogP contribution in [0.2, 0.25) is 10.0 Å². The normalized spacial score (nSPS) is 10.2. The fourth-order valence-corrected chi connectivity index (χ4v) is 2.99. The van der Waals surface area contributed by atoms with Crippen molar-refractivity contribution in [3.63, 3.8) is 0 Å². The maximum absolute atomic E-state index is 12.6. The monoisotopic (exact) mass is 404 g/mol.